The second-order valence-electron chi connectivity index (χ2n) is 5.59. The number of imidazole rings is 1. The van der Waals surface area contributed by atoms with Gasteiger partial charge in [-0.1, -0.05) is 12.1 Å². The van der Waals surface area contributed by atoms with Crippen molar-refractivity contribution in [1.29, 1.82) is 0 Å². The van der Waals surface area contributed by atoms with E-state index in [0.717, 1.165) is 16.6 Å². The molecule has 0 atom stereocenters. The number of rotatable bonds is 3. The van der Waals surface area contributed by atoms with E-state index in [9.17, 15) is 4.79 Å². The molecule has 0 aliphatic carbocycles. The number of nitrogens with one attached hydrogen (secondary N) is 1. The van der Waals surface area contributed by atoms with Crippen LogP contribution in [0.2, 0.25) is 0 Å². The minimum Gasteiger partial charge on any atom is -0.481 e. The molecule has 0 radical (unpaired) electrons. The highest BCUT2D eigenvalue weighted by atomic mass is 16.5. The van der Waals surface area contributed by atoms with Gasteiger partial charge in [0.15, 0.2) is 0 Å². The number of fused-ring (bicyclic) bond motifs is 3. The molecule has 0 fully saturated rings. The van der Waals surface area contributed by atoms with Crippen molar-refractivity contribution in [2.24, 2.45) is 0 Å². The standard InChI is InChI=1S/C18H15N5O2/c1-11-9-12(10-19-17(11)25-2)20-16(24)14-7-8-23-15-6-4-3-5-13(15)21-18(23)22-14/h3-10H,1-2H3,(H,20,24). The molecule has 3 heterocycles. The lowest BCUT2D eigenvalue weighted by Crippen LogP contribution is -2.14. The second-order valence-corrected chi connectivity index (χ2v) is 5.59. The van der Waals surface area contributed by atoms with Crippen molar-refractivity contribution in [3.63, 3.8) is 0 Å². The zero-order valence-corrected chi connectivity index (χ0v) is 13.7. The van der Waals surface area contributed by atoms with Gasteiger partial charge in [0, 0.05) is 11.8 Å². The fraction of sp³-hybridized carbons (Fsp3) is 0.111. The molecular weight excluding hydrogens is 318 g/mol. The Morgan fingerprint density at radius 2 is 2.04 bits per heavy atom. The van der Waals surface area contributed by atoms with Gasteiger partial charge < -0.3 is 10.1 Å². The van der Waals surface area contributed by atoms with E-state index in [-0.39, 0.29) is 11.6 Å². The Kier molecular flexibility index (Phi) is 3.53. The average molecular weight is 333 g/mol. The van der Waals surface area contributed by atoms with Gasteiger partial charge in [0.25, 0.3) is 5.91 Å². The predicted octanol–water partition coefficient (Wildman–Crippen LogP) is 2.85. The van der Waals surface area contributed by atoms with Crippen molar-refractivity contribution >= 4 is 28.4 Å². The van der Waals surface area contributed by atoms with Crippen LogP contribution in [0.5, 0.6) is 5.88 Å². The van der Waals surface area contributed by atoms with Crippen LogP contribution in [0.1, 0.15) is 16.1 Å². The monoisotopic (exact) mass is 333 g/mol. The highest BCUT2D eigenvalue weighted by molar-refractivity contribution is 6.03. The Hall–Kier alpha value is -3.48. The van der Waals surface area contributed by atoms with Gasteiger partial charge in [-0.25, -0.2) is 15.0 Å². The van der Waals surface area contributed by atoms with Crippen molar-refractivity contribution in [2.75, 3.05) is 12.4 Å². The van der Waals surface area contributed by atoms with Crippen LogP contribution in [-0.4, -0.2) is 32.4 Å². The smallest absolute Gasteiger partial charge is 0.274 e. The van der Waals surface area contributed by atoms with Gasteiger partial charge in [0.2, 0.25) is 11.7 Å². The summed E-state index contributed by atoms with van der Waals surface area (Å²) in [6, 6.07) is 11.2. The number of carbonyl (C=O) groups is 1. The normalized spacial score (nSPS) is 11.0. The number of anilines is 1. The molecule has 0 aliphatic rings. The van der Waals surface area contributed by atoms with Crippen molar-refractivity contribution in [3.05, 3.63) is 60.0 Å². The Morgan fingerprint density at radius 3 is 2.84 bits per heavy atom. The first kappa shape index (κ1) is 15.1. The number of hydrogen-bond donors (Lipinski definition) is 1. The van der Waals surface area contributed by atoms with E-state index in [4.69, 9.17) is 4.74 Å². The summed E-state index contributed by atoms with van der Waals surface area (Å²) >= 11 is 0. The maximum atomic E-state index is 12.5. The van der Waals surface area contributed by atoms with E-state index < -0.39 is 0 Å². The molecule has 0 unspecified atom stereocenters. The van der Waals surface area contributed by atoms with Crippen LogP contribution in [0.15, 0.2) is 48.8 Å². The van der Waals surface area contributed by atoms with Crippen molar-refractivity contribution in [2.45, 2.75) is 6.92 Å². The largest absolute Gasteiger partial charge is 0.481 e. The minimum absolute atomic E-state index is 0.288. The topological polar surface area (TPSA) is 81.4 Å². The van der Waals surface area contributed by atoms with Gasteiger partial charge in [-0.2, -0.15) is 0 Å². The van der Waals surface area contributed by atoms with Gasteiger partial charge in [-0.05, 0) is 31.2 Å². The fourth-order valence-corrected chi connectivity index (χ4v) is 2.71. The molecule has 1 amide bonds. The van der Waals surface area contributed by atoms with Gasteiger partial charge in [-0.15, -0.1) is 0 Å². The fourth-order valence-electron chi connectivity index (χ4n) is 2.71. The first-order valence-electron chi connectivity index (χ1n) is 7.71. The molecule has 0 spiro atoms. The molecule has 7 nitrogen and oxygen atoms in total. The van der Waals surface area contributed by atoms with Gasteiger partial charge >= 0.3 is 0 Å². The number of methoxy groups -OCH3 is 1. The van der Waals surface area contributed by atoms with Gasteiger partial charge in [-0.3, -0.25) is 9.20 Å². The molecule has 7 heteroatoms. The van der Waals surface area contributed by atoms with Crippen molar-refractivity contribution in [1.82, 2.24) is 19.4 Å². The SMILES string of the molecule is COc1ncc(NC(=O)c2ccn3c(n2)nc2ccccc23)cc1C. The Morgan fingerprint density at radius 1 is 1.20 bits per heavy atom. The number of para-hydroxylation sites is 2. The zero-order valence-electron chi connectivity index (χ0n) is 13.7. The number of hydrogen-bond acceptors (Lipinski definition) is 5. The number of ether oxygens (including phenoxy) is 1. The average Bonchev–Trinajstić information content (AvgIpc) is 2.99. The third-order valence-corrected chi connectivity index (χ3v) is 3.89. The summed E-state index contributed by atoms with van der Waals surface area (Å²) in [5, 5.41) is 2.79. The minimum atomic E-state index is -0.319. The third-order valence-electron chi connectivity index (χ3n) is 3.89. The lowest BCUT2D eigenvalue weighted by atomic mass is 10.2. The molecule has 124 valence electrons. The van der Waals surface area contributed by atoms with Crippen LogP contribution >= 0.6 is 0 Å². The number of nitrogens with zero attached hydrogens (tertiary/aromatic N) is 4. The van der Waals surface area contributed by atoms with E-state index >= 15 is 0 Å². The van der Waals surface area contributed by atoms with E-state index in [2.05, 4.69) is 20.3 Å². The molecule has 0 saturated heterocycles. The lowest BCUT2D eigenvalue weighted by Gasteiger charge is -2.08. The van der Waals surface area contributed by atoms with Crippen LogP contribution in [0.4, 0.5) is 5.69 Å². The molecule has 25 heavy (non-hydrogen) atoms. The van der Waals surface area contributed by atoms with E-state index in [1.54, 1.807) is 31.6 Å². The summed E-state index contributed by atoms with van der Waals surface area (Å²) in [7, 11) is 1.56. The Labute approximate surface area is 143 Å². The summed E-state index contributed by atoms with van der Waals surface area (Å²) in [5.74, 6) is 0.695. The Bertz CT molecular complexity index is 1100. The lowest BCUT2D eigenvalue weighted by molar-refractivity contribution is 0.102. The highest BCUT2D eigenvalue weighted by Crippen LogP contribution is 2.19. The maximum absolute atomic E-state index is 12.5. The maximum Gasteiger partial charge on any atom is 0.274 e. The molecule has 4 rings (SSSR count). The quantitative estimate of drug-likeness (QED) is 0.623. The van der Waals surface area contributed by atoms with E-state index in [0.29, 0.717) is 17.3 Å². The van der Waals surface area contributed by atoms with E-state index in [1.807, 2.05) is 35.6 Å². The molecule has 1 aromatic carbocycles. The van der Waals surface area contributed by atoms with Crippen LogP contribution in [0.25, 0.3) is 16.8 Å². The van der Waals surface area contributed by atoms with Crippen molar-refractivity contribution < 1.29 is 9.53 Å². The molecular formula is C18H15N5O2. The number of benzene rings is 1. The predicted molar refractivity (Wildman–Crippen MR) is 94.0 cm³/mol. The number of amides is 1. The molecule has 3 aromatic heterocycles. The Balaban J connectivity index is 1.65. The molecule has 0 aliphatic heterocycles. The number of carbonyl (C=O) groups excluding carboxylic acids is 1. The van der Waals surface area contributed by atoms with E-state index in [1.165, 1.54) is 0 Å². The second kappa shape index (κ2) is 5.86. The van der Waals surface area contributed by atoms with Crippen LogP contribution < -0.4 is 10.1 Å². The van der Waals surface area contributed by atoms with Crippen molar-refractivity contribution in [3.8, 4) is 5.88 Å². The number of pyridine rings is 1. The van der Waals surface area contributed by atoms with Crippen LogP contribution in [-0.2, 0) is 0 Å². The summed E-state index contributed by atoms with van der Waals surface area (Å²) in [4.78, 5) is 25.4. The summed E-state index contributed by atoms with van der Waals surface area (Å²) in [5.41, 5.74) is 3.49. The number of aryl methyl sites for hydroxylation is 1. The highest BCUT2D eigenvalue weighted by Gasteiger charge is 2.12. The van der Waals surface area contributed by atoms with Crippen LogP contribution in [0, 0.1) is 6.92 Å². The molecule has 1 N–H and O–H groups in total. The summed E-state index contributed by atoms with van der Waals surface area (Å²) in [6.07, 6.45) is 3.34. The van der Waals surface area contributed by atoms with Gasteiger partial charge in [0.05, 0.1) is 30.0 Å². The molecule has 0 saturated carbocycles. The molecule has 4 aromatic rings. The first-order chi connectivity index (χ1) is 12.2. The summed E-state index contributed by atoms with van der Waals surface area (Å²) < 4.78 is 6.97. The van der Waals surface area contributed by atoms with Gasteiger partial charge in [0.1, 0.15) is 5.69 Å². The number of aromatic nitrogens is 4. The molecule has 0 bridgehead atoms. The zero-order chi connectivity index (χ0) is 17.4. The van der Waals surface area contributed by atoms with Crippen LogP contribution in [0.3, 0.4) is 0 Å². The summed E-state index contributed by atoms with van der Waals surface area (Å²) in [6.45, 7) is 1.86. The first-order valence-corrected chi connectivity index (χ1v) is 7.71. The third kappa shape index (κ3) is 2.65.